The number of halogens is 1. The van der Waals surface area contributed by atoms with Crippen LogP contribution in [-0.2, 0) is 6.54 Å². The molecule has 0 spiro atoms. The molecule has 2 aromatic carbocycles. The van der Waals surface area contributed by atoms with Crippen LogP contribution in [0.2, 0.25) is 5.02 Å². The minimum atomic E-state index is -0.113. The first-order valence-electron chi connectivity index (χ1n) is 11.2. The highest BCUT2D eigenvalue weighted by molar-refractivity contribution is 6.32. The monoisotopic (exact) mass is 450 g/mol. The molecule has 2 aliphatic heterocycles. The van der Waals surface area contributed by atoms with Crippen LogP contribution in [0.15, 0.2) is 35.1 Å². The summed E-state index contributed by atoms with van der Waals surface area (Å²) < 4.78 is 12.8. The van der Waals surface area contributed by atoms with Crippen LogP contribution >= 0.6 is 11.6 Å². The molecule has 0 radical (unpaired) electrons. The molecular weight excluding hydrogens is 428 g/mol. The van der Waals surface area contributed by atoms with E-state index < -0.39 is 0 Å². The molecular formula is C25H23ClN2O4. The topological polar surface area (TPSA) is 60.8 Å². The number of ketones is 1. The number of likely N-dealkylation sites (tertiary alicyclic amines) is 1. The summed E-state index contributed by atoms with van der Waals surface area (Å²) in [6.45, 7) is 3.85. The molecule has 6 rings (SSSR count). The molecule has 0 amide bonds. The van der Waals surface area contributed by atoms with E-state index >= 15 is 0 Å². The third kappa shape index (κ3) is 3.05. The second-order valence-corrected chi connectivity index (χ2v) is 9.14. The standard InChI is InChI=1S/C25H23ClN2O4/c26-15-5-6-16-19(11-15)25(30)28(10-4-9-27-7-2-1-3-8-27)23-17-12-20-21(32-14-31-20)13-18(17)24(29)22(16)23/h5-6,11-13H,1-4,7-10,14H2. The van der Waals surface area contributed by atoms with Crippen molar-refractivity contribution in [2.24, 2.45) is 0 Å². The zero-order chi connectivity index (χ0) is 21.8. The summed E-state index contributed by atoms with van der Waals surface area (Å²) in [5, 5.41) is 1.61. The zero-order valence-electron chi connectivity index (χ0n) is 17.7. The van der Waals surface area contributed by atoms with Crippen molar-refractivity contribution in [3.05, 3.63) is 56.8 Å². The lowest BCUT2D eigenvalue weighted by molar-refractivity contribution is 0.104. The first-order chi connectivity index (χ1) is 15.6. The Morgan fingerprint density at radius 2 is 1.62 bits per heavy atom. The fourth-order valence-electron chi connectivity index (χ4n) is 5.24. The van der Waals surface area contributed by atoms with Crippen LogP contribution < -0.4 is 15.0 Å². The van der Waals surface area contributed by atoms with Crippen molar-refractivity contribution >= 4 is 28.2 Å². The maximum atomic E-state index is 13.6. The minimum absolute atomic E-state index is 0.0922. The van der Waals surface area contributed by atoms with Gasteiger partial charge < -0.3 is 18.9 Å². The van der Waals surface area contributed by atoms with E-state index in [0.29, 0.717) is 50.7 Å². The number of piperidine rings is 1. The highest BCUT2D eigenvalue weighted by Gasteiger charge is 2.35. The Balaban J connectivity index is 1.50. The summed E-state index contributed by atoms with van der Waals surface area (Å²) in [4.78, 5) is 29.6. The van der Waals surface area contributed by atoms with Crippen molar-refractivity contribution in [1.29, 1.82) is 0 Å². The quantitative estimate of drug-likeness (QED) is 0.459. The van der Waals surface area contributed by atoms with Crippen LogP contribution in [0.4, 0.5) is 0 Å². The Hall–Kier alpha value is -2.83. The fourth-order valence-corrected chi connectivity index (χ4v) is 5.41. The van der Waals surface area contributed by atoms with Gasteiger partial charge in [-0.05, 0) is 63.2 Å². The molecule has 6 nitrogen and oxygen atoms in total. The summed E-state index contributed by atoms with van der Waals surface area (Å²) in [6, 6.07) is 8.75. The lowest BCUT2D eigenvalue weighted by Gasteiger charge is -2.26. The maximum absolute atomic E-state index is 13.6. The van der Waals surface area contributed by atoms with E-state index in [4.69, 9.17) is 21.1 Å². The Morgan fingerprint density at radius 1 is 0.875 bits per heavy atom. The molecule has 32 heavy (non-hydrogen) atoms. The molecule has 0 atom stereocenters. The fraction of sp³-hybridized carbons (Fsp3) is 0.360. The number of carbonyl (C=O) groups excluding carboxylic acids is 1. The van der Waals surface area contributed by atoms with Crippen LogP contribution in [0.3, 0.4) is 0 Å². The van der Waals surface area contributed by atoms with Crippen molar-refractivity contribution in [2.45, 2.75) is 32.2 Å². The molecule has 0 unspecified atom stereocenters. The number of rotatable bonds is 4. The van der Waals surface area contributed by atoms with Crippen LogP contribution in [0.25, 0.3) is 22.0 Å². The highest BCUT2D eigenvalue weighted by atomic mass is 35.5. The van der Waals surface area contributed by atoms with Crippen LogP contribution in [0.5, 0.6) is 11.5 Å². The first kappa shape index (κ1) is 19.8. The smallest absolute Gasteiger partial charge is 0.258 e. The highest BCUT2D eigenvalue weighted by Crippen LogP contribution is 2.45. The molecule has 0 saturated carbocycles. The Kier molecular flexibility index (Phi) is 4.73. The summed E-state index contributed by atoms with van der Waals surface area (Å²) >= 11 is 6.22. The van der Waals surface area contributed by atoms with Gasteiger partial charge in [-0.15, -0.1) is 0 Å². The second kappa shape index (κ2) is 7.64. The number of carbonyl (C=O) groups is 1. The number of nitrogens with zero attached hydrogens (tertiary/aromatic N) is 2. The number of pyridine rings is 1. The molecule has 1 aromatic heterocycles. The molecule has 3 aliphatic rings. The van der Waals surface area contributed by atoms with E-state index in [1.54, 1.807) is 28.8 Å². The Bertz CT molecular complexity index is 1320. The van der Waals surface area contributed by atoms with E-state index in [0.717, 1.165) is 31.6 Å². The molecule has 7 heteroatoms. The average molecular weight is 451 g/mol. The van der Waals surface area contributed by atoms with E-state index in [1.807, 2.05) is 6.07 Å². The Morgan fingerprint density at radius 3 is 2.41 bits per heavy atom. The maximum Gasteiger partial charge on any atom is 0.258 e. The van der Waals surface area contributed by atoms with Gasteiger partial charge in [0.1, 0.15) is 0 Å². The van der Waals surface area contributed by atoms with Crippen molar-refractivity contribution < 1.29 is 14.3 Å². The Labute approximate surface area is 190 Å². The third-order valence-electron chi connectivity index (χ3n) is 6.78. The van der Waals surface area contributed by atoms with Gasteiger partial charge in [0.15, 0.2) is 17.3 Å². The molecule has 3 heterocycles. The number of hydrogen-bond donors (Lipinski definition) is 0. The van der Waals surface area contributed by atoms with Crippen molar-refractivity contribution in [3.63, 3.8) is 0 Å². The van der Waals surface area contributed by atoms with Crippen molar-refractivity contribution in [1.82, 2.24) is 9.47 Å². The lowest BCUT2D eigenvalue weighted by atomic mass is 10.0. The van der Waals surface area contributed by atoms with Gasteiger partial charge in [0.05, 0.1) is 11.3 Å². The predicted molar refractivity (Wildman–Crippen MR) is 123 cm³/mol. The van der Waals surface area contributed by atoms with Crippen molar-refractivity contribution in [2.75, 3.05) is 26.4 Å². The van der Waals surface area contributed by atoms with Gasteiger partial charge in [-0.3, -0.25) is 9.59 Å². The number of aromatic nitrogens is 1. The van der Waals surface area contributed by atoms with E-state index in [9.17, 15) is 9.59 Å². The molecule has 0 N–H and O–H groups in total. The molecule has 164 valence electrons. The van der Waals surface area contributed by atoms with Gasteiger partial charge in [-0.1, -0.05) is 24.1 Å². The zero-order valence-corrected chi connectivity index (χ0v) is 18.4. The van der Waals surface area contributed by atoms with Gasteiger partial charge in [-0.2, -0.15) is 0 Å². The summed E-state index contributed by atoms with van der Waals surface area (Å²) in [5.74, 6) is 1.08. The largest absolute Gasteiger partial charge is 0.454 e. The molecule has 3 aromatic rings. The van der Waals surface area contributed by atoms with E-state index in [2.05, 4.69) is 4.90 Å². The molecule has 1 saturated heterocycles. The third-order valence-corrected chi connectivity index (χ3v) is 7.01. The predicted octanol–water partition coefficient (Wildman–Crippen LogP) is 4.47. The van der Waals surface area contributed by atoms with Crippen LogP contribution in [-0.4, -0.2) is 41.7 Å². The van der Waals surface area contributed by atoms with Gasteiger partial charge in [-0.25, -0.2) is 0 Å². The minimum Gasteiger partial charge on any atom is -0.454 e. The number of fused-ring (bicyclic) bond motifs is 6. The van der Waals surface area contributed by atoms with Gasteiger partial charge in [0.2, 0.25) is 6.79 Å². The van der Waals surface area contributed by atoms with Gasteiger partial charge >= 0.3 is 0 Å². The number of ether oxygens (including phenoxy) is 2. The average Bonchev–Trinajstić information content (AvgIpc) is 3.38. The SMILES string of the molecule is O=C1c2cc3c(cc2-c2c1c1ccc(Cl)cc1c(=O)n2CCCN1CCCCC1)OCO3. The first-order valence-corrected chi connectivity index (χ1v) is 11.6. The summed E-state index contributed by atoms with van der Waals surface area (Å²) in [6.07, 6.45) is 4.61. The van der Waals surface area contributed by atoms with Crippen molar-refractivity contribution in [3.8, 4) is 22.8 Å². The molecule has 1 aliphatic carbocycles. The lowest BCUT2D eigenvalue weighted by Crippen LogP contribution is -2.32. The van der Waals surface area contributed by atoms with E-state index in [-0.39, 0.29) is 18.1 Å². The summed E-state index contributed by atoms with van der Waals surface area (Å²) in [7, 11) is 0. The van der Waals surface area contributed by atoms with Crippen LogP contribution in [0.1, 0.15) is 41.6 Å². The second-order valence-electron chi connectivity index (χ2n) is 8.71. The molecule has 0 bridgehead atoms. The van der Waals surface area contributed by atoms with Crippen LogP contribution in [0, 0.1) is 0 Å². The normalized spacial score (nSPS) is 17.1. The molecule has 1 fully saturated rings. The summed E-state index contributed by atoms with van der Waals surface area (Å²) in [5.41, 5.74) is 2.42. The number of benzene rings is 2. The van der Waals surface area contributed by atoms with E-state index in [1.165, 1.54) is 19.3 Å². The van der Waals surface area contributed by atoms with Gasteiger partial charge in [0, 0.05) is 33.5 Å². The van der Waals surface area contributed by atoms with Gasteiger partial charge in [0.25, 0.3) is 5.56 Å². The number of hydrogen-bond acceptors (Lipinski definition) is 5.